The van der Waals surface area contributed by atoms with Crippen molar-refractivity contribution in [3.05, 3.63) is 89.1 Å². The van der Waals surface area contributed by atoms with E-state index in [0.29, 0.717) is 11.8 Å². The molecule has 0 N–H and O–H groups in total. The van der Waals surface area contributed by atoms with E-state index in [4.69, 9.17) is 0 Å². The molecule has 142 valence electrons. The summed E-state index contributed by atoms with van der Waals surface area (Å²) >= 11 is 1.66. The SMILES string of the molecule is CSc1cnc(C[C@H]2C=C[C@H](Cc3ccc(-n4ccccc4=O)cn3)C2)nc1. The second kappa shape index (κ2) is 8.52. The summed E-state index contributed by atoms with van der Waals surface area (Å²) < 4.78 is 1.60. The third kappa shape index (κ3) is 4.39. The molecule has 0 spiro atoms. The first kappa shape index (κ1) is 18.6. The first-order valence-electron chi connectivity index (χ1n) is 9.37. The molecule has 0 radical (unpaired) electrons. The lowest BCUT2D eigenvalue weighted by Crippen LogP contribution is -2.15. The van der Waals surface area contributed by atoms with Crippen LogP contribution in [0, 0.1) is 11.8 Å². The van der Waals surface area contributed by atoms with E-state index in [9.17, 15) is 4.79 Å². The number of pyridine rings is 2. The highest BCUT2D eigenvalue weighted by molar-refractivity contribution is 7.98. The van der Waals surface area contributed by atoms with Crippen molar-refractivity contribution in [3.8, 4) is 5.69 Å². The lowest BCUT2D eigenvalue weighted by molar-refractivity contribution is 0.506. The van der Waals surface area contributed by atoms with Crippen LogP contribution in [-0.4, -0.2) is 25.8 Å². The van der Waals surface area contributed by atoms with Gasteiger partial charge in [0.1, 0.15) is 5.82 Å². The molecule has 0 saturated heterocycles. The Kier molecular flexibility index (Phi) is 5.67. The highest BCUT2D eigenvalue weighted by atomic mass is 32.2. The van der Waals surface area contributed by atoms with Crippen molar-refractivity contribution in [1.82, 2.24) is 19.5 Å². The Labute approximate surface area is 168 Å². The van der Waals surface area contributed by atoms with Crippen LogP contribution in [0.3, 0.4) is 0 Å². The van der Waals surface area contributed by atoms with E-state index in [2.05, 4.69) is 27.1 Å². The topological polar surface area (TPSA) is 60.7 Å². The van der Waals surface area contributed by atoms with Gasteiger partial charge in [-0.2, -0.15) is 0 Å². The molecule has 3 aromatic heterocycles. The van der Waals surface area contributed by atoms with E-state index >= 15 is 0 Å². The van der Waals surface area contributed by atoms with Crippen molar-refractivity contribution < 1.29 is 0 Å². The summed E-state index contributed by atoms with van der Waals surface area (Å²) in [5, 5.41) is 0. The van der Waals surface area contributed by atoms with Crippen molar-refractivity contribution in [2.24, 2.45) is 11.8 Å². The van der Waals surface area contributed by atoms with Crippen LogP contribution in [0.25, 0.3) is 5.69 Å². The van der Waals surface area contributed by atoms with E-state index in [-0.39, 0.29) is 5.56 Å². The van der Waals surface area contributed by atoms with Crippen LogP contribution in [0.2, 0.25) is 0 Å². The molecule has 0 amide bonds. The van der Waals surface area contributed by atoms with Gasteiger partial charge in [-0.25, -0.2) is 9.97 Å². The highest BCUT2D eigenvalue weighted by Gasteiger charge is 2.20. The average Bonchev–Trinajstić information content (AvgIpc) is 3.16. The van der Waals surface area contributed by atoms with E-state index < -0.39 is 0 Å². The number of nitrogens with zero attached hydrogens (tertiary/aromatic N) is 4. The molecular formula is C22H22N4OS. The quantitative estimate of drug-likeness (QED) is 0.474. The standard InChI is InChI=1S/C22H22N4OS/c1-28-20-14-24-21(25-15-20)12-17-6-5-16(10-17)11-18-7-8-19(13-23-18)26-9-3-2-4-22(26)27/h2-9,13-17H,10-12H2,1H3/t16-,17-/m0/s1. The maximum absolute atomic E-state index is 11.9. The molecule has 6 heteroatoms. The van der Waals surface area contributed by atoms with Gasteiger partial charge < -0.3 is 0 Å². The molecule has 4 rings (SSSR count). The average molecular weight is 391 g/mol. The van der Waals surface area contributed by atoms with Gasteiger partial charge >= 0.3 is 0 Å². The van der Waals surface area contributed by atoms with Crippen molar-refractivity contribution in [3.63, 3.8) is 0 Å². The fraction of sp³-hybridized carbons (Fsp3) is 0.273. The maximum Gasteiger partial charge on any atom is 0.255 e. The maximum atomic E-state index is 11.9. The van der Waals surface area contributed by atoms with Crippen molar-refractivity contribution in [2.75, 3.05) is 6.26 Å². The molecule has 5 nitrogen and oxygen atoms in total. The Hall–Kier alpha value is -2.73. The minimum absolute atomic E-state index is 0.0496. The van der Waals surface area contributed by atoms with Gasteiger partial charge in [-0.05, 0) is 49.1 Å². The smallest absolute Gasteiger partial charge is 0.255 e. The lowest BCUT2D eigenvalue weighted by atomic mass is 9.96. The van der Waals surface area contributed by atoms with Crippen LogP contribution >= 0.6 is 11.8 Å². The number of thioether (sulfide) groups is 1. The Morgan fingerprint density at radius 3 is 2.46 bits per heavy atom. The molecular weight excluding hydrogens is 368 g/mol. The van der Waals surface area contributed by atoms with E-state index in [1.54, 1.807) is 40.9 Å². The first-order valence-corrected chi connectivity index (χ1v) is 10.6. The zero-order chi connectivity index (χ0) is 19.3. The fourth-order valence-electron chi connectivity index (χ4n) is 3.54. The van der Waals surface area contributed by atoms with E-state index in [1.165, 1.54) is 0 Å². The predicted octanol–water partition coefficient (Wildman–Crippen LogP) is 3.72. The Bertz CT molecular complexity index is 1010. The summed E-state index contributed by atoms with van der Waals surface area (Å²) in [6, 6.07) is 9.11. The highest BCUT2D eigenvalue weighted by Crippen LogP contribution is 2.28. The molecule has 0 bridgehead atoms. The van der Waals surface area contributed by atoms with Gasteiger partial charge in [-0.1, -0.05) is 18.2 Å². The number of hydrogen-bond acceptors (Lipinski definition) is 5. The summed E-state index contributed by atoms with van der Waals surface area (Å²) in [6.45, 7) is 0. The summed E-state index contributed by atoms with van der Waals surface area (Å²) in [4.78, 5) is 26.5. The summed E-state index contributed by atoms with van der Waals surface area (Å²) in [7, 11) is 0. The normalized spacial score (nSPS) is 18.5. The van der Waals surface area contributed by atoms with Gasteiger partial charge in [0.2, 0.25) is 0 Å². The van der Waals surface area contributed by atoms with Crippen LogP contribution < -0.4 is 5.56 Å². The number of hydrogen-bond donors (Lipinski definition) is 0. The third-order valence-corrected chi connectivity index (χ3v) is 5.69. The van der Waals surface area contributed by atoms with Gasteiger partial charge in [-0.3, -0.25) is 14.3 Å². The van der Waals surface area contributed by atoms with Crippen LogP contribution in [0.4, 0.5) is 0 Å². The number of allylic oxidation sites excluding steroid dienone is 2. The van der Waals surface area contributed by atoms with Crippen LogP contribution in [-0.2, 0) is 12.8 Å². The van der Waals surface area contributed by atoms with Gasteiger partial charge in [0, 0.05) is 41.7 Å². The Morgan fingerprint density at radius 2 is 1.79 bits per heavy atom. The molecule has 3 aromatic rings. The molecule has 0 aromatic carbocycles. The molecule has 0 unspecified atom stereocenters. The van der Waals surface area contributed by atoms with Crippen LogP contribution in [0.15, 0.2) is 77.0 Å². The third-order valence-electron chi connectivity index (χ3n) is 5.00. The van der Waals surface area contributed by atoms with Crippen LogP contribution in [0.1, 0.15) is 17.9 Å². The molecule has 28 heavy (non-hydrogen) atoms. The van der Waals surface area contributed by atoms with Crippen molar-refractivity contribution in [1.29, 1.82) is 0 Å². The van der Waals surface area contributed by atoms with Crippen molar-refractivity contribution in [2.45, 2.75) is 24.2 Å². The second-order valence-electron chi connectivity index (χ2n) is 7.00. The summed E-state index contributed by atoms with van der Waals surface area (Å²) in [5.41, 5.74) is 1.79. The minimum atomic E-state index is -0.0496. The molecule has 2 atom stereocenters. The predicted molar refractivity (Wildman–Crippen MR) is 112 cm³/mol. The van der Waals surface area contributed by atoms with Gasteiger partial charge in [-0.15, -0.1) is 11.8 Å². The lowest BCUT2D eigenvalue weighted by Gasteiger charge is -2.12. The monoisotopic (exact) mass is 390 g/mol. The fourth-order valence-corrected chi connectivity index (χ4v) is 3.86. The van der Waals surface area contributed by atoms with Gasteiger partial charge in [0.05, 0.1) is 11.9 Å². The molecule has 0 fully saturated rings. The zero-order valence-corrected chi connectivity index (χ0v) is 16.5. The molecule has 3 heterocycles. The summed E-state index contributed by atoms with van der Waals surface area (Å²) in [6.07, 6.45) is 16.8. The number of rotatable bonds is 6. The second-order valence-corrected chi connectivity index (χ2v) is 7.88. The van der Waals surface area contributed by atoms with E-state index in [0.717, 1.165) is 41.4 Å². The van der Waals surface area contributed by atoms with Crippen LogP contribution in [0.5, 0.6) is 0 Å². The zero-order valence-electron chi connectivity index (χ0n) is 15.7. The van der Waals surface area contributed by atoms with Gasteiger partial charge in [0.25, 0.3) is 5.56 Å². The largest absolute Gasteiger partial charge is 0.283 e. The molecule has 1 aliphatic rings. The first-order chi connectivity index (χ1) is 13.7. The summed E-state index contributed by atoms with van der Waals surface area (Å²) in [5.74, 6) is 1.87. The molecule has 0 saturated carbocycles. The molecule has 0 aliphatic heterocycles. The van der Waals surface area contributed by atoms with E-state index in [1.807, 2.05) is 36.8 Å². The minimum Gasteiger partial charge on any atom is -0.283 e. The Morgan fingerprint density at radius 1 is 1.00 bits per heavy atom. The molecule has 1 aliphatic carbocycles. The Balaban J connectivity index is 1.34. The van der Waals surface area contributed by atoms with Gasteiger partial charge in [0.15, 0.2) is 0 Å². The van der Waals surface area contributed by atoms with Crippen molar-refractivity contribution >= 4 is 11.8 Å². The number of aromatic nitrogens is 4.